The molecule has 0 spiro atoms. The summed E-state index contributed by atoms with van der Waals surface area (Å²) in [5.74, 6) is 0.955. The number of aryl methyl sites for hydroxylation is 1. The maximum Gasteiger partial charge on any atom is 0.279 e. The molecule has 1 amide bonds. The third-order valence-electron chi connectivity index (χ3n) is 4.81. The number of carbonyl (C=O) groups is 1. The standard InChI is InChI=1S/C24H21ClN2O3S/c1-16-20(25)11-12-21-22(16)27(13-14-29-2)24(31-21)26-23(28)17-7-6-10-19(15-17)30-18-8-4-3-5-9-18/h3-12,15H,13-14H2,1-2H3. The number of ether oxygens (including phenoxy) is 2. The molecule has 0 fully saturated rings. The second kappa shape index (κ2) is 9.47. The Bertz CT molecular complexity index is 1300. The van der Waals surface area contributed by atoms with Crippen LogP contribution in [0.4, 0.5) is 0 Å². The first-order chi connectivity index (χ1) is 15.1. The Labute approximate surface area is 189 Å². The quantitative estimate of drug-likeness (QED) is 0.369. The summed E-state index contributed by atoms with van der Waals surface area (Å²) in [7, 11) is 1.65. The Morgan fingerprint density at radius 3 is 2.61 bits per heavy atom. The Balaban J connectivity index is 1.72. The van der Waals surface area contributed by atoms with Crippen molar-refractivity contribution in [2.75, 3.05) is 13.7 Å². The molecule has 0 unspecified atom stereocenters. The van der Waals surface area contributed by atoms with Crippen LogP contribution >= 0.6 is 22.9 Å². The number of halogens is 1. The third kappa shape index (κ3) is 4.71. The van der Waals surface area contributed by atoms with E-state index >= 15 is 0 Å². The van der Waals surface area contributed by atoms with Crippen molar-refractivity contribution in [2.24, 2.45) is 4.99 Å². The first-order valence-electron chi connectivity index (χ1n) is 9.76. The lowest BCUT2D eigenvalue weighted by molar-refractivity contribution is 0.0997. The summed E-state index contributed by atoms with van der Waals surface area (Å²) in [5.41, 5.74) is 2.39. The number of rotatable bonds is 6. The largest absolute Gasteiger partial charge is 0.457 e. The van der Waals surface area contributed by atoms with Gasteiger partial charge in [0.1, 0.15) is 11.5 Å². The molecule has 0 saturated carbocycles. The molecule has 5 nitrogen and oxygen atoms in total. The maximum absolute atomic E-state index is 13.0. The normalized spacial score (nSPS) is 11.8. The fourth-order valence-electron chi connectivity index (χ4n) is 3.26. The second-order valence-corrected chi connectivity index (χ2v) is 8.32. The molecule has 0 saturated heterocycles. The molecule has 0 radical (unpaired) electrons. The van der Waals surface area contributed by atoms with Crippen molar-refractivity contribution in [3.05, 3.63) is 87.7 Å². The van der Waals surface area contributed by atoms with E-state index in [1.165, 1.54) is 11.3 Å². The average Bonchev–Trinajstić information content (AvgIpc) is 3.13. The summed E-state index contributed by atoms with van der Waals surface area (Å²) in [6.07, 6.45) is 0. The van der Waals surface area contributed by atoms with Crippen LogP contribution in [-0.4, -0.2) is 24.2 Å². The lowest BCUT2D eigenvalue weighted by atomic mass is 10.2. The average molecular weight is 453 g/mol. The van der Waals surface area contributed by atoms with Crippen molar-refractivity contribution in [3.8, 4) is 11.5 Å². The molecule has 0 aliphatic rings. The van der Waals surface area contributed by atoms with Crippen LogP contribution < -0.4 is 9.54 Å². The molecule has 4 rings (SSSR count). The van der Waals surface area contributed by atoms with Gasteiger partial charge in [0.2, 0.25) is 0 Å². The van der Waals surface area contributed by atoms with Gasteiger partial charge in [-0.05, 0) is 55.0 Å². The number of carbonyl (C=O) groups excluding carboxylic acids is 1. The van der Waals surface area contributed by atoms with Crippen LogP contribution in [0.15, 0.2) is 71.7 Å². The minimum Gasteiger partial charge on any atom is -0.457 e. The van der Waals surface area contributed by atoms with Crippen molar-refractivity contribution in [3.63, 3.8) is 0 Å². The molecule has 7 heteroatoms. The van der Waals surface area contributed by atoms with Crippen LogP contribution in [0, 0.1) is 6.92 Å². The molecule has 31 heavy (non-hydrogen) atoms. The zero-order valence-corrected chi connectivity index (χ0v) is 18.7. The highest BCUT2D eigenvalue weighted by molar-refractivity contribution is 7.16. The van der Waals surface area contributed by atoms with Crippen molar-refractivity contribution in [2.45, 2.75) is 13.5 Å². The number of aromatic nitrogens is 1. The van der Waals surface area contributed by atoms with Crippen molar-refractivity contribution in [1.82, 2.24) is 4.57 Å². The molecule has 0 aliphatic heterocycles. The van der Waals surface area contributed by atoms with Gasteiger partial charge in [0.25, 0.3) is 5.91 Å². The minimum atomic E-state index is -0.333. The highest BCUT2D eigenvalue weighted by Crippen LogP contribution is 2.27. The molecule has 4 aromatic rings. The summed E-state index contributed by atoms with van der Waals surface area (Å²) < 4.78 is 14.1. The first kappa shape index (κ1) is 21.3. The van der Waals surface area contributed by atoms with Gasteiger partial charge in [0.05, 0.1) is 16.8 Å². The summed E-state index contributed by atoms with van der Waals surface area (Å²) in [6, 6.07) is 20.3. The second-order valence-electron chi connectivity index (χ2n) is 6.91. The van der Waals surface area contributed by atoms with Crippen LogP contribution in [0.2, 0.25) is 5.02 Å². The van der Waals surface area contributed by atoms with Crippen LogP contribution in [0.3, 0.4) is 0 Å². The van der Waals surface area contributed by atoms with E-state index in [4.69, 9.17) is 21.1 Å². The van der Waals surface area contributed by atoms with Crippen molar-refractivity contribution >= 4 is 39.1 Å². The van der Waals surface area contributed by atoms with E-state index in [1.54, 1.807) is 25.3 Å². The SMILES string of the molecule is COCCn1c(=NC(=O)c2cccc(Oc3ccccc3)c2)sc2ccc(Cl)c(C)c21. The number of para-hydroxylation sites is 1. The summed E-state index contributed by atoms with van der Waals surface area (Å²) in [4.78, 5) is 18.0. The number of thiazole rings is 1. The zero-order chi connectivity index (χ0) is 21.8. The smallest absolute Gasteiger partial charge is 0.279 e. The number of amides is 1. The van der Waals surface area contributed by atoms with Crippen molar-refractivity contribution < 1.29 is 14.3 Å². The topological polar surface area (TPSA) is 52.8 Å². The fraction of sp³-hybridized carbons (Fsp3) is 0.167. The Morgan fingerprint density at radius 1 is 1.06 bits per heavy atom. The Hall–Kier alpha value is -2.93. The lowest BCUT2D eigenvalue weighted by Gasteiger charge is -2.08. The summed E-state index contributed by atoms with van der Waals surface area (Å²) >= 11 is 7.79. The number of hydrogen-bond acceptors (Lipinski definition) is 4. The third-order valence-corrected chi connectivity index (χ3v) is 6.26. The molecule has 158 valence electrons. The minimum absolute atomic E-state index is 0.333. The Kier molecular flexibility index (Phi) is 6.51. The van der Waals surface area contributed by atoms with Gasteiger partial charge < -0.3 is 14.0 Å². The van der Waals surface area contributed by atoms with Crippen molar-refractivity contribution in [1.29, 1.82) is 0 Å². The summed E-state index contributed by atoms with van der Waals surface area (Å²) in [5, 5.41) is 0.681. The molecule has 0 N–H and O–H groups in total. The molecule has 1 heterocycles. The van der Waals surface area contributed by atoms with Gasteiger partial charge in [0, 0.05) is 24.2 Å². The summed E-state index contributed by atoms with van der Waals surface area (Å²) in [6.45, 7) is 3.04. The molecule has 0 atom stereocenters. The van der Waals surface area contributed by atoms with Crippen LogP contribution in [0.5, 0.6) is 11.5 Å². The van der Waals surface area contributed by atoms with E-state index in [0.29, 0.717) is 40.0 Å². The van der Waals surface area contributed by atoms with E-state index in [1.807, 2.05) is 60.0 Å². The molecule has 3 aromatic carbocycles. The van der Waals surface area contributed by atoms with Gasteiger partial charge >= 0.3 is 0 Å². The van der Waals surface area contributed by atoms with Gasteiger partial charge in [-0.3, -0.25) is 4.79 Å². The molecular formula is C24H21ClN2O3S. The van der Waals surface area contributed by atoms with E-state index in [2.05, 4.69) is 4.99 Å². The zero-order valence-electron chi connectivity index (χ0n) is 17.2. The predicted molar refractivity (Wildman–Crippen MR) is 124 cm³/mol. The van der Waals surface area contributed by atoms with E-state index in [-0.39, 0.29) is 5.91 Å². The number of benzene rings is 3. The molecule has 0 bridgehead atoms. The number of nitrogens with zero attached hydrogens (tertiary/aromatic N) is 2. The van der Waals surface area contributed by atoms with E-state index in [0.717, 1.165) is 15.8 Å². The first-order valence-corrected chi connectivity index (χ1v) is 11.0. The van der Waals surface area contributed by atoms with Crippen LogP contribution in [0.25, 0.3) is 10.2 Å². The number of methoxy groups -OCH3 is 1. The molecule has 1 aromatic heterocycles. The monoisotopic (exact) mass is 452 g/mol. The lowest BCUT2D eigenvalue weighted by Crippen LogP contribution is -2.19. The highest BCUT2D eigenvalue weighted by Gasteiger charge is 2.13. The molecular weight excluding hydrogens is 432 g/mol. The van der Waals surface area contributed by atoms with E-state index in [9.17, 15) is 4.79 Å². The predicted octanol–water partition coefficient (Wildman–Crippen LogP) is 5.84. The van der Waals surface area contributed by atoms with Gasteiger partial charge in [-0.1, -0.05) is 47.2 Å². The highest BCUT2D eigenvalue weighted by atomic mass is 35.5. The Morgan fingerprint density at radius 2 is 1.84 bits per heavy atom. The van der Waals surface area contributed by atoms with Crippen LogP contribution in [-0.2, 0) is 11.3 Å². The molecule has 0 aliphatic carbocycles. The van der Waals surface area contributed by atoms with Gasteiger partial charge in [-0.15, -0.1) is 0 Å². The van der Waals surface area contributed by atoms with Crippen LogP contribution in [0.1, 0.15) is 15.9 Å². The van der Waals surface area contributed by atoms with Gasteiger partial charge in [-0.2, -0.15) is 4.99 Å². The van der Waals surface area contributed by atoms with E-state index < -0.39 is 0 Å². The number of fused-ring (bicyclic) bond motifs is 1. The fourth-order valence-corrected chi connectivity index (χ4v) is 4.53. The van der Waals surface area contributed by atoms with Gasteiger partial charge in [0.15, 0.2) is 4.80 Å². The van der Waals surface area contributed by atoms with Gasteiger partial charge in [-0.25, -0.2) is 0 Å². The number of hydrogen-bond donors (Lipinski definition) is 0. The maximum atomic E-state index is 13.0.